The molecule has 23 heavy (non-hydrogen) atoms. The fourth-order valence-corrected chi connectivity index (χ4v) is 2.43. The number of hydrogen-bond donors (Lipinski definition) is 2. The Hall–Kier alpha value is -2.85. The summed E-state index contributed by atoms with van der Waals surface area (Å²) in [6.45, 7) is 0. The Balaban J connectivity index is 1.98. The van der Waals surface area contributed by atoms with E-state index in [1.165, 1.54) is 12.3 Å². The van der Waals surface area contributed by atoms with Crippen LogP contribution in [0.3, 0.4) is 0 Å². The maximum Gasteiger partial charge on any atom is 0.261 e. The summed E-state index contributed by atoms with van der Waals surface area (Å²) in [4.78, 5) is 16.1. The predicted molar refractivity (Wildman–Crippen MR) is 90.7 cm³/mol. The molecule has 0 radical (unpaired) electrons. The minimum atomic E-state index is -0.449. The molecular weight excluding hydrogens is 312 g/mol. The average Bonchev–Trinajstić information content (AvgIpc) is 2.56. The number of carbonyl (C=O) groups is 1. The van der Waals surface area contributed by atoms with Gasteiger partial charge in [-0.3, -0.25) is 4.79 Å². The number of hydrogen-bond acceptors (Lipinski definition) is 3. The van der Waals surface area contributed by atoms with Crippen LogP contribution in [-0.4, -0.2) is 16.0 Å². The van der Waals surface area contributed by atoms with E-state index in [4.69, 9.17) is 11.6 Å². The normalized spacial score (nSPS) is 10.3. The van der Waals surface area contributed by atoms with Crippen molar-refractivity contribution in [2.75, 3.05) is 5.32 Å². The Morgan fingerprint density at radius 2 is 1.83 bits per heavy atom. The summed E-state index contributed by atoms with van der Waals surface area (Å²) in [5.41, 5.74) is 2.46. The van der Waals surface area contributed by atoms with Gasteiger partial charge in [0.1, 0.15) is 5.56 Å². The van der Waals surface area contributed by atoms with Gasteiger partial charge in [0, 0.05) is 16.8 Å². The lowest BCUT2D eigenvalue weighted by atomic mass is 10.0. The Bertz CT molecular complexity index is 851. The summed E-state index contributed by atoms with van der Waals surface area (Å²) < 4.78 is 0. The maximum atomic E-state index is 12.4. The molecule has 2 aromatic carbocycles. The standard InChI is InChI=1S/C18H13ClN2O2/c19-13-8-9-14(12-5-2-1-3-6-12)16(11-13)21-18(23)15-7-4-10-20-17(15)22/h1-11H,(H,20,22)(H,21,23). The van der Waals surface area contributed by atoms with Crippen LogP contribution in [0.25, 0.3) is 11.1 Å². The minimum absolute atomic E-state index is 0.103. The number of pyridine rings is 1. The van der Waals surface area contributed by atoms with Crippen molar-refractivity contribution in [3.05, 3.63) is 77.4 Å². The van der Waals surface area contributed by atoms with Crippen molar-refractivity contribution < 1.29 is 9.90 Å². The smallest absolute Gasteiger partial charge is 0.261 e. The summed E-state index contributed by atoms with van der Waals surface area (Å²) in [6.07, 6.45) is 1.42. The van der Waals surface area contributed by atoms with Crippen LogP contribution in [0.1, 0.15) is 10.4 Å². The van der Waals surface area contributed by atoms with E-state index in [0.29, 0.717) is 10.7 Å². The van der Waals surface area contributed by atoms with Crippen LogP contribution in [0, 0.1) is 0 Å². The molecule has 0 fully saturated rings. The second-order valence-electron chi connectivity index (χ2n) is 4.88. The van der Waals surface area contributed by atoms with Gasteiger partial charge in [0.15, 0.2) is 0 Å². The largest absolute Gasteiger partial charge is 0.493 e. The highest BCUT2D eigenvalue weighted by molar-refractivity contribution is 6.31. The topological polar surface area (TPSA) is 62.2 Å². The molecule has 0 atom stereocenters. The lowest BCUT2D eigenvalue weighted by Gasteiger charge is -2.12. The van der Waals surface area contributed by atoms with E-state index in [1.807, 2.05) is 36.4 Å². The monoisotopic (exact) mass is 324 g/mol. The molecule has 114 valence electrons. The highest BCUT2D eigenvalue weighted by Crippen LogP contribution is 2.31. The number of nitrogens with one attached hydrogen (secondary N) is 1. The molecule has 0 unspecified atom stereocenters. The summed E-state index contributed by atoms with van der Waals surface area (Å²) in [6, 6.07) is 18.0. The molecule has 3 rings (SSSR count). The van der Waals surface area contributed by atoms with Gasteiger partial charge in [-0.05, 0) is 29.8 Å². The molecule has 4 nitrogen and oxygen atoms in total. The van der Waals surface area contributed by atoms with E-state index >= 15 is 0 Å². The third kappa shape index (κ3) is 3.33. The third-order valence-corrected chi connectivity index (χ3v) is 3.58. The van der Waals surface area contributed by atoms with Gasteiger partial charge >= 0.3 is 0 Å². The van der Waals surface area contributed by atoms with Gasteiger partial charge in [0.25, 0.3) is 5.91 Å². The number of aromatic hydroxyl groups is 1. The molecule has 0 bridgehead atoms. The van der Waals surface area contributed by atoms with Gasteiger partial charge in [-0.1, -0.05) is 48.0 Å². The van der Waals surface area contributed by atoms with Gasteiger partial charge in [-0.25, -0.2) is 4.98 Å². The van der Waals surface area contributed by atoms with Crippen LogP contribution in [0.15, 0.2) is 66.9 Å². The lowest BCUT2D eigenvalue weighted by Crippen LogP contribution is -2.13. The molecule has 0 saturated carbocycles. The van der Waals surface area contributed by atoms with Gasteiger partial charge in [0.05, 0.1) is 5.69 Å². The number of anilines is 1. The quantitative estimate of drug-likeness (QED) is 0.752. The lowest BCUT2D eigenvalue weighted by molar-refractivity contribution is 0.102. The first-order valence-electron chi connectivity index (χ1n) is 6.95. The van der Waals surface area contributed by atoms with Crippen molar-refractivity contribution in [1.82, 2.24) is 4.98 Å². The average molecular weight is 325 g/mol. The second-order valence-corrected chi connectivity index (χ2v) is 5.32. The van der Waals surface area contributed by atoms with E-state index in [9.17, 15) is 9.90 Å². The van der Waals surface area contributed by atoms with Crippen molar-refractivity contribution in [3.8, 4) is 17.0 Å². The molecule has 0 aliphatic rings. The van der Waals surface area contributed by atoms with Crippen LogP contribution in [0.2, 0.25) is 5.02 Å². The number of rotatable bonds is 3. The Kier molecular flexibility index (Phi) is 4.26. The third-order valence-electron chi connectivity index (χ3n) is 3.35. The molecule has 0 spiro atoms. The highest BCUT2D eigenvalue weighted by atomic mass is 35.5. The number of benzene rings is 2. The number of nitrogens with zero attached hydrogens (tertiary/aromatic N) is 1. The fraction of sp³-hybridized carbons (Fsp3) is 0. The molecule has 1 amide bonds. The Labute approximate surface area is 138 Å². The van der Waals surface area contributed by atoms with Crippen molar-refractivity contribution >= 4 is 23.2 Å². The summed E-state index contributed by atoms with van der Waals surface area (Å²) in [5.74, 6) is -0.761. The molecule has 2 N–H and O–H groups in total. The van der Waals surface area contributed by atoms with Crippen LogP contribution in [0.4, 0.5) is 5.69 Å². The highest BCUT2D eigenvalue weighted by Gasteiger charge is 2.14. The molecule has 3 aromatic rings. The fourth-order valence-electron chi connectivity index (χ4n) is 2.25. The zero-order valence-corrected chi connectivity index (χ0v) is 12.8. The summed E-state index contributed by atoms with van der Waals surface area (Å²) >= 11 is 6.05. The van der Waals surface area contributed by atoms with Crippen molar-refractivity contribution in [1.29, 1.82) is 0 Å². The SMILES string of the molecule is O=C(Nc1cc(Cl)ccc1-c1ccccc1)c1cccnc1O. The Morgan fingerprint density at radius 3 is 2.57 bits per heavy atom. The molecule has 1 aromatic heterocycles. The zero-order valence-electron chi connectivity index (χ0n) is 12.0. The van der Waals surface area contributed by atoms with Crippen molar-refractivity contribution in [2.45, 2.75) is 0 Å². The summed E-state index contributed by atoms with van der Waals surface area (Å²) in [5, 5.41) is 13.0. The van der Waals surface area contributed by atoms with Crippen LogP contribution < -0.4 is 5.32 Å². The van der Waals surface area contributed by atoms with E-state index in [1.54, 1.807) is 18.2 Å². The first kappa shape index (κ1) is 15.1. The first-order chi connectivity index (χ1) is 11.1. The zero-order chi connectivity index (χ0) is 16.2. The number of amides is 1. The van der Waals surface area contributed by atoms with Crippen LogP contribution in [0.5, 0.6) is 5.88 Å². The van der Waals surface area contributed by atoms with Crippen molar-refractivity contribution in [2.24, 2.45) is 0 Å². The minimum Gasteiger partial charge on any atom is -0.493 e. The van der Waals surface area contributed by atoms with E-state index < -0.39 is 5.91 Å². The predicted octanol–water partition coefficient (Wildman–Crippen LogP) is 4.36. The number of halogens is 1. The molecule has 1 heterocycles. The number of aromatic nitrogens is 1. The maximum absolute atomic E-state index is 12.4. The second kappa shape index (κ2) is 6.50. The molecule has 0 aliphatic heterocycles. The van der Waals surface area contributed by atoms with Gasteiger partial charge in [-0.2, -0.15) is 0 Å². The Morgan fingerprint density at radius 1 is 1.04 bits per heavy atom. The van der Waals surface area contributed by atoms with Gasteiger partial charge < -0.3 is 10.4 Å². The molecule has 5 heteroatoms. The van der Waals surface area contributed by atoms with Crippen LogP contribution >= 0.6 is 11.6 Å². The van der Waals surface area contributed by atoms with E-state index in [2.05, 4.69) is 10.3 Å². The van der Waals surface area contributed by atoms with Gasteiger partial charge in [0.2, 0.25) is 5.88 Å². The van der Waals surface area contributed by atoms with Crippen molar-refractivity contribution in [3.63, 3.8) is 0 Å². The van der Waals surface area contributed by atoms with Gasteiger partial charge in [-0.15, -0.1) is 0 Å². The summed E-state index contributed by atoms with van der Waals surface area (Å²) in [7, 11) is 0. The molecule has 0 aliphatic carbocycles. The first-order valence-corrected chi connectivity index (χ1v) is 7.33. The molecular formula is C18H13ClN2O2. The van der Waals surface area contributed by atoms with E-state index in [-0.39, 0.29) is 11.4 Å². The number of carbonyl (C=O) groups excluding carboxylic acids is 1. The van der Waals surface area contributed by atoms with Crippen LogP contribution in [-0.2, 0) is 0 Å². The van der Waals surface area contributed by atoms with E-state index in [0.717, 1.165) is 11.1 Å². The molecule has 0 saturated heterocycles.